The predicted octanol–water partition coefficient (Wildman–Crippen LogP) is 5.27. The molecule has 1 atom stereocenters. The molecule has 0 radical (unpaired) electrons. The Bertz CT molecular complexity index is 808. The molecule has 1 unspecified atom stereocenters. The van der Waals surface area contributed by atoms with Crippen molar-refractivity contribution in [2.45, 2.75) is 19.9 Å². The van der Waals surface area contributed by atoms with Crippen LogP contribution in [0.1, 0.15) is 28.3 Å². The second-order valence-corrected chi connectivity index (χ2v) is 6.37. The Morgan fingerprint density at radius 2 is 1.52 bits per heavy atom. The molecule has 0 saturated heterocycles. The van der Waals surface area contributed by atoms with Crippen LogP contribution in [0.3, 0.4) is 0 Å². The van der Waals surface area contributed by atoms with Gasteiger partial charge < -0.3 is 5.73 Å². The first-order valence-electron chi connectivity index (χ1n) is 7.08. The van der Waals surface area contributed by atoms with E-state index in [-0.39, 0.29) is 6.04 Å². The molecule has 3 aromatic carbocycles. The Balaban J connectivity index is 2.18. The Labute approximate surface area is 133 Å². The molecular formula is C19H18BrN. The Morgan fingerprint density at radius 1 is 0.857 bits per heavy atom. The second kappa shape index (κ2) is 5.63. The first kappa shape index (κ1) is 14.3. The van der Waals surface area contributed by atoms with Crippen molar-refractivity contribution in [1.82, 2.24) is 0 Å². The molecule has 106 valence electrons. The molecule has 2 N–H and O–H groups in total. The molecule has 3 rings (SSSR count). The summed E-state index contributed by atoms with van der Waals surface area (Å²) in [5.41, 5.74) is 11.4. The Kier molecular flexibility index (Phi) is 3.83. The maximum absolute atomic E-state index is 6.57. The summed E-state index contributed by atoms with van der Waals surface area (Å²) in [5, 5.41) is 2.41. The van der Waals surface area contributed by atoms with Gasteiger partial charge in [0.25, 0.3) is 0 Å². The number of hydrogen-bond acceptors (Lipinski definition) is 1. The number of rotatable bonds is 2. The summed E-state index contributed by atoms with van der Waals surface area (Å²) < 4.78 is 1.11. The Morgan fingerprint density at radius 3 is 2.24 bits per heavy atom. The third kappa shape index (κ3) is 2.61. The molecular weight excluding hydrogens is 322 g/mol. The molecule has 0 aliphatic rings. The number of aryl methyl sites for hydroxylation is 2. The first-order valence-corrected chi connectivity index (χ1v) is 7.87. The van der Waals surface area contributed by atoms with Crippen LogP contribution in [0.25, 0.3) is 10.8 Å². The Hall–Kier alpha value is -1.64. The van der Waals surface area contributed by atoms with Crippen LogP contribution >= 0.6 is 15.9 Å². The van der Waals surface area contributed by atoms with Crippen LogP contribution in [0.5, 0.6) is 0 Å². The number of benzene rings is 3. The second-order valence-electron chi connectivity index (χ2n) is 5.52. The topological polar surface area (TPSA) is 26.0 Å². The molecule has 0 bridgehead atoms. The van der Waals surface area contributed by atoms with Crippen LogP contribution in [0.15, 0.2) is 59.1 Å². The van der Waals surface area contributed by atoms with Crippen molar-refractivity contribution >= 4 is 26.7 Å². The van der Waals surface area contributed by atoms with E-state index in [0.717, 1.165) is 4.47 Å². The lowest BCUT2D eigenvalue weighted by molar-refractivity contribution is 0.869. The summed E-state index contributed by atoms with van der Waals surface area (Å²) in [5.74, 6) is 0. The molecule has 0 aromatic heterocycles. The standard InChI is InChI=1S/C19H18BrN/c1-12-7-8-14(13(2)11-12)19(21)17-9-10-18(20)16-6-4-3-5-15(16)17/h3-11,19H,21H2,1-2H3. The van der Waals surface area contributed by atoms with E-state index in [0.29, 0.717) is 0 Å². The molecule has 2 heteroatoms. The van der Waals surface area contributed by atoms with Gasteiger partial charge in [0.15, 0.2) is 0 Å². The zero-order valence-electron chi connectivity index (χ0n) is 12.2. The fraction of sp³-hybridized carbons (Fsp3) is 0.158. The average molecular weight is 340 g/mol. The van der Waals surface area contributed by atoms with E-state index in [4.69, 9.17) is 5.73 Å². The lowest BCUT2D eigenvalue weighted by Gasteiger charge is -2.18. The molecule has 3 aromatic rings. The van der Waals surface area contributed by atoms with Gasteiger partial charge in [0.2, 0.25) is 0 Å². The molecule has 0 saturated carbocycles. The van der Waals surface area contributed by atoms with Crippen LogP contribution in [0.4, 0.5) is 0 Å². The normalized spacial score (nSPS) is 12.6. The third-order valence-electron chi connectivity index (χ3n) is 4.00. The highest BCUT2D eigenvalue weighted by molar-refractivity contribution is 9.10. The maximum Gasteiger partial charge on any atom is 0.0560 e. The molecule has 0 heterocycles. The number of halogens is 1. The van der Waals surface area contributed by atoms with Gasteiger partial charge in [0.1, 0.15) is 0 Å². The van der Waals surface area contributed by atoms with E-state index in [2.05, 4.69) is 84.4 Å². The van der Waals surface area contributed by atoms with E-state index in [9.17, 15) is 0 Å². The van der Waals surface area contributed by atoms with Gasteiger partial charge in [0.05, 0.1) is 6.04 Å². The number of nitrogens with two attached hydrogens (primary N) is 1. The van der Waals surface area contributed by atoms with Crippen molar-refractivity contribution in [2.24, 2.45) is 5.73 Å². The minimum atomic E-state index is -0.108. The largest absolute Gasteiger partial charge is 0.320 e. The van der Waals surface area contributed by atoms with E-state index in [1.807, 2.05) is 0 Å². The summed E-state index contributed by atoms with van der Waals surface area (Å²) in [6.45, 7) is 4.24. The molecule has 21 heavy (non-hydrogen) atoms. The van der Waals surface area contributed by atoms with Crippen molar-refractivity contribution in [1.29, 1.82) is 0 Å². The summed E-state index contributed by atoms with van der Waals surface area (Å²) in [4.78, 5) is 0. The van der Waals surface area contributed by atoms with E-state index >= 15 is 0 Å². The smallest absolute Gasteiger partial charge is 0.0560 e. The highest BCUT2D eigenvalue weighted by Crippen LogP contribution is 2.32. The minimum Gasteiger partial charge on any atom is -0.320 e. The highest BCUT2D eigenvalue weighted by atomic mass is 79.9. The predicted molar refractivity (Wildman–Crippen MR) is 93.6 cm³/mol. The fourth-order valence-electron chi connectivity index (χ4n) is 2.90. The van der Waals surface area contributed by atoms with Gasteiger partial charge in [-0.2, -0.15) is 0 Å². The van der Waals surface area contributed by atoms with Crippen molar-refractivity contribution in [3.63, 3.8) is 0 Å². The quantitative estimate of drug-likeness (QED) is 0.676. The third-order valence-corrected chi connectivity index (χ3v) is 4.69. The highest BCUT2D eigenvalue weighted by Gasteiger charge is 2.15. The van der Waals surface area contributed by atoms with Gasteiger partial charge in [-0.25, -0.2) is 0 Å². The molecule has 0 spiro atoms. The molecule has 0 aliphatic heterocycles. The SMILES string of the molecule is Cc1ccc(C(N)c2ccc(Br)c3ccccc23)c(C)c1. The van der Waals surface area contributed by atoms with Gasteiger partial charge in [-0.05, 0) is 47.4 Å². The van der Waals surface area contributed by atoms with E-state index < -0.39 is 0 Å². The van der Waals surface area contributed by atoms with Gasteiger partial charge >= 0.3 is 0 Å². The molecule has 0 aliphatic carbocycles. The molecule has 1 nitrogen and oxygen atoms in total. The zero-order chi connectivity index (χ0) is 15.0. The van der Waals surface area contributed by atoms with Crippen LogP contribution in [0, 0.1) is 13.8 Å². The van der Waals surface area contributed by atoms with Crippen LogP contribution in [0.2, 0.25) is 0 Å². The fourth-order valence-corrected chi connectivity index (χ4v) is 3.38. The summed E-state index contributed by atoms with van der Waals surface area (Å²) >= 11 is 3.62. The number of fused-ring (bicyclic) bond motifs is 1. The molecule has 0 amide bonds. The summed E-state index contributed by atoms with van der Waals surface area (Å²) in [6, 6.07) is 18.9. The lowest BCUT2D eigenvalue weighted by Crippen LogP contribution is -2.13. The van der Waals surface area contributed by atoms with E-state index in [1.165, 1.54) is 33.0 Å². The summed E-state index contributed by atoms with van der Waals surface area (Å²) in [7, 11) is 0. The van der Waals surface area contributed by atoms with Crippen LogP contribution in [-0.2, 0) is 0 Å². The van der Waals surface area contributed by atoms with Crippen molar-refractivity contribution < 1.29 is 0 Å². The summed E-state index contributed by atoms with van der Waals surface area (Å²) in [6.07, 6.45) is 0. The average Bonchev–Trinajstić information content (AvgIpc) is 2.47. The first-order chi connectivity index (χ1) is 10.1. The molecule has 0 fully saturated rings. The number of hydrogen-bond donors (Lipinski definition) is 1. The maximum atomic E-state index is 6.57. The van der Waals surface area contributed by atoms with Gasteiger partial charge in [-0.3, -0.25) is 0 Å². The van der Waals surface area contributed by atoms with Gasteiger partial charge in [-0.1, -0.05) is 70.0 Å². The zero-order valence-corrected chi connectivity index (χ0v) is 13.8. The van der Waals surface area contributed by atoms with Gasteiger partial charge in [0, 0.05) is 4.47 Å². The van der Waals surface area contributed by atoms with E-state index in [1.54, 1.807) is 0 Å². The van der Waals surface area contributed by atoms with Gasteiger partial charge in [-0.15, -0.1) is 0 Å². The van der Waals surface area contributed by atoms with Crippen molar-refractivity contribution in [3.05, 3.63) is 81.3 Å². The van der Waals surface area contributed by atoms with Crippen molar-refractivity contribution in [2.75, 3.05) is 0 Å². The monoisotopic (exact) mass is 339 g/mol. The van der Waals surface area contributed by atoms with Crippen LogP contribution in [-0.4, -0.2) is 0 Å². The lowest BCUT2D eigenvalue weighted by atomic mass is 9.91. The van der Waals surface area contributed by atoms with Crippen LogP contribution < -0.4 is 5.73 Å². The minimum absolute atomic E-state index is 0.108. The van der Waals surface area contributed by atoms with Crippen molar-refractivity contribution in [3.8, 4) is 0 Å².